The highest BCUT2D eigenvalue weighted by atomic mass is 79.9. The molecular weight excluding hydrogens is 550 g/mol. The normalized spacial score (nSPS) is 29.9. The zero-order valence-electron chi connectivity index (χ0n) is 23.5. The summed E-state index contributed by atoms with van der Waals surface area (Å²) in [5.74, 6) is -1.77. The highest BCUT2D eigenvalue weighted by molar-refractivity contribution is 9.09. The van der Waals surface area contributed by atoms with Crippen LogP contribution in [-0.2, 0) is 19.1 Å². The summed E-state index contributed by atoms with van der Waals surface area (Å²) in [5, 5.41) is 9.14. The predicted octanol–water partition coefficient (Wildman–Crippen LogP) is 3.52. The molecule has 0 radical (unpaired) electrons. The van der Waals surface area contributed by atoms with Gasteiger partial charge in [0.05, 0.1) is 17.9 Å². The molecule has 3 saturated heterocycles. The van der Waals surface area contributed by atoms with Crippen molar-refractivity contribution in [3.8, 4) is 0 Å². The van der Waals surface area contributed by atoms with E-state index in [1.54, 1.807) is 26.9 Å². The SMILES string of the molecule is C=CCN(CCC)C(=O)[C@H]1[C@H]2C(=O)N(CCCCCCO)C(C(=O)N(CC=C)C(C)(C)C)C23CC(Br)[C@@H]1O3. The number of hydrogen-bond acceptors (Lipinski definition) is 5. The van der Waals surface area contributed by atoms with Gasteiger partial charge in [-0.25, -0.2) is 0 Å². The quantitative estimate of drug-likeness (QED) is 0.188. The minimum absolute atomic E-state index is 0.101. The highest BCUT2D eigenvalue weighted by Gasteiger charge is 2.77. The second-order valence-corrected chi connectivity index (χ2v) is 13.0. The van der Waals surface area contributed by atoms with E-state index >= 15 is 0 Å². The van der Waals surface area contributed by atoms with Gasteiger partial charge < -0.3 is 24.5 Å². The summed E-state index contributed by atoms with van der Waals surface area (Å²) in [6.45, 7) is 17.5. The molecule has 3 rings (SSSR count). The number of aliphatic hydroxyl groups excluding tert-OH is 1. The Morgan fingerprint density at radius 2 is 1.82 bits per heavy atom. The third kappa shape index (κ3) is 5.61. The molecule has 0 aromatic heterocycles. The van der Waals surface area contributed by atoms with Crippen molar-refractivity contribution in [3.63, 3.8) is 0 Å². The summed E-state index contributed by atoms with van der Waals surface area (Å²) in [5.41, 5.74) is -1.55. The van der Waals surface area contributed by atoms with Gasteiger partial charge in [0, 0.05) is 43.2 Å². The average Bonchev–Trinajstić information content (AvgIpc) is 3.44. The smallest absolute Gasteiger partial charge is 0.249 e. The van der Waals surface area contributed by atoms with Crippen LogP contribution in [0.3, 0.4) is 0 Å². The van der Waals surface area contributed by atoms with Crippen LogP contribution in [0.1, 0.15) is 66.2 Å². The number of fused-ring (bicyclic) bond motifs is 1. The van der Waals surface area contributed by atoms with Gasteiger partial charge in [0.15, 0.2) is 0 Å². The molecule has 0 aromatic carbocycles. The number of rotatable bonds is 14. The van der Waals surface area contributed by atoms with Crippen LogP contribution in [-0.4, -0.2) is 98.4 Å². The number of aliphatic hydroxyl groups is 1. The lowest BCUT2D eigenvalue weighted by Crippen LogP contribution is -2.60. The van der Waals surface area contributed by atoms with Crippen molar-refractivity contribution in [2.75, 3.05) is 32.8 Å². The van der Waals surface area contributed by atoms with E-state index in [-0.39, 0.29) is 29.2 Å². The molecule has 3 fully saturated rings. The van der Waals surface area contributed by atoms with E-state index in [0.29, 0.717) is 45.4 Å². The van der Waals surface area contributed by atoms with Gasteiger partial charge in [-0.15, -0.1) is 13.2 Å². The Kier molecular flexibility index (Phi) is 10.3. The van der Waals surface area contributed by atoms with Crippen molar-refractivity contribution < 1.29 is 24.2 Å². The number of ether oxygens (including phenoxy) is 1. The maximum Gasteiger partial charge on any atom is 0.249 e. The first-order valence-corrected chi connectivity index (χ1v) is 15.0. The van der Waals surface area contributed by atoms with Crippen molar-refractivity contribution in [2.45, 2.75) is 94.3 Å². The molecule has 0 saturated carbocycles. The molecule has 0 aromatic rings. The number of unbranched alkanes of at least 4 members (excludes halogenated alkanes) is 3. The summed E-state index contributed by atoms with van der Waals surface area (Å²) in [4.78, 5) is 47.6. The van der Waals surface area contributed by atoms with Crippen LogP contribution in [0.15, 0.2) is 25.3 Å². The van der Waals surface area contributed by atoms with Gasteiger partial charge in [0.2, 0.25) is 17.7 Å². The molecule has 8 nitrogen and oxygen atoms in total. The number of likely N-dealkylation sites (tertiary alicyclic amines) is 1. The monoisotopic (exact) mass is 595 g/mol. The molecule has 3 aliphatic heterocycles. The molecule has 0 aliphatic carbocycles. The fourth-order valence-corrected chi connectivity index (χ4v) is 7.52. The van der Waals surface area contributed by atoms with Gasteiger partial charge >= 0.3 is 0 Å². The highest BCUT2D eigenvalue weighted by Crippen LogP contribution is 2.60. The Labute approximate surface area is 236 Å². The van der Waals surface area contributed by atoms with Crippen molar-refractivity contribution in [3.05, 3.63) is 25.3 Å². The van der Waals surface area contributed by atoms with Crippen molar-refractivity contribution in [1.29, 1.82) is 0 Å². The lowest BCUT2D eigenvalue weighted by molar-refractivity contribution is -0.151. The van der Waals surface area contributed by atoms with Crippen LogP contribution in [0, 0.1) is 11.8 Å². The Morgan fingerprint density at radius 3 is 2.39 bits per heavy atom. The lowest BCUT2D eigenvalue weighted by Gasteiger charge is -2.42. The maximum absolute atomic E-state index is 14.4. The molecule has 214 valence electrons. The molecule has 3 aliphatic rings. The second kappa shape index (κ2) is 12.6. The van der Waals surface area contributed by atoms with E-state index in [0.717, 1.165) is 19.3 Å². The van der Waals surface area contributed by atoms with Gasteiger partial charge in [0.1, 0.15) is 11.6 Å². The van der Waals surface area contributed by atoms with Crippen LogP contribution in [0.4, 0.5) is 0 Å². The summed E-state index contributed by atoms with van der Waals surface area (Å²) in [6, 6.07) is -0.807. The standard InChI is InChI=1S/C29H46BrN3O5/c1-7-14-31(15-8-2)25(35)21-22-26(36)32(17-12-10-11-13-18-34)24(29(22)19-20(30)23(21)38-29)27(37)33(16-9-3)28(4,5)6/h7,9,20-24,34H,1,3,8,10-19H2,2,4-6H3/t20?,21-,22-,23-,24?,29?/m0/s1. The first-order valence-electron chi connectivity index (χ1n) is 14.0. The Balaban J connectivity index is 2.04. The first-order chi connectivity index (χ1) is 18.0. The molecule has 1 N–H and O–H groups in total. The number of carbonyl (C=O) groups excluding carboxylic acids is 3. The number of nitrogens with zero attached hydrogens (tertiary/aromatic N) is 3. The summed E-state index contributed by atoms with van der Waals surface area (Å²) in [7, 11) is 0. The Morgan fingerprint density at radius 1 is 1.16 bits per heavy atom. The number of carbonyl (C=O) groups is 3. The van der Waals surface area contributed by atoms with Crippen molar-refractivity contribution >= 4 is 33.7 Å². The fourth-order valence-electron chi connectivity index (χ4n) is 6.58. The number of amides is 3. The average molecular weight is 597 g/mol. The van der Waals surface area contributed by atoms with Crippen molar-refractivity contribution in [2.24, 2.45) is 11.8 Å². The van der Waals surface area contributed by atoms with Gasteiger partial charge in [-0.1, -0.05) is 47.8 Å². The zero-order chi connectivity index (χ0) is 28.3. The first kappa shape index (κ1) is 30.8. The van der Waals surface area contributed by atoms with Crippen LogP contribution in [0.2, 0.25) is 0 Å². The van der Waals surface area contributed by atoms with Gasteiger partial charge in [-0.3, -0.25) is 14.4 Å². The van der Waals surface area contributed by atoms with Gasteiger partial charge in [-0.05, 0) is 46.5 Å². The molecule has 6 atom stereocenters. The van der Waals surface area contributed by atoms with E-state index in [9.17, 15) is 14.4 Å². The third-order valence-electron chi connectivity index (χ3n) is 8.16. The fraction of sp³-hybridized carbons (Fsp3) is 0.759. The van der Waals surface area contributed by atoms with E-state index in [2.05, 4.69) is 29.1 Å². The minimum Gasteiger partial charge on any atom is -0.396 e. The molecule has 1 spiro atoms. The van der Waals surface area contributed by atoms with E-state index in [1.165, 1.54) is 0 Å². The van der Waals surface area contributed by atoms with E-state index in [1.807, 2.05) is 27.7 Å². The van der Waals surface area contributed by atoms with Crippen LogP contribution in [0.25, 0.3) is 0 Å². The largest absolute Gasteiger partial charge is 0.396 e. The van der Waals surface area contributed by atoms with Crippen LogP contribution < -0.4 is 0 Å². The zero-order valence-corrected chi connectivity index (χ0v) is 25.1. The second-order valence-electron chi connectivity index (χ2n) is 11.8. The number of halogens is 1. The number of hydrogen-bond donors (Lipinski definition) is 1. The molecule has 3 amide bonds. The van der Waals surface area contributed by atoms with Gasteiger partial charge in [0.25, 0.3) is 0 Å². The number of alkyl halides is 1. The van der Waals surface area contributed by atoms with Crippen LogP contribution >= 0.6 is 15.9 Å². The summed E-state index contributed by atoms with van der Waals surface area (Å²) in [6.07, 6.45) is 7.36. The van der Waals surface area contributed by atoms with E-state index in [4.69, 9.17) is 9.84 Å². The summed E-state index contributed by atoms with van der Waals surface area (Å²) < 4.78 is 6.67. The Hall–Kier alpha value is -1.71. The lowest BCUT2D eigenvalue weighted by atomic mass is 9.70. The molecular formula is C29H46BrN3O5. The molecule has 38 heavy (non-hydrogen) atoms. The van der Waals surface area contributed by atoms with E-state index < -0.39 is 35.1 Å². The minimum atomic E-state index is -1.06. The molecule has 3 unspecified atom stereocenters. The predicted molar refractivity (Wildman–Crippen MR) is 152 cm³/mol. The topological polar surface area (TPSA) is 90.4 Å². The van der Waals surface area contributed by atoms with Gasteiger partial charge in [-0.2, -0.15) is 0 Å². The molecule has 9 heteroatoms. The van der Waals surface area contributed by atoms with Crippen molar-refractivity contribution in [1.82, 2.24) is 14.7 Å². The summed E-state index contributed by atoms with van der Waals surface area (Å²) >= 11 is 3.76. The third-order valence-corrected chi connectivity index (χ3v) is 9.00. The van der Waals surface area contributed by atoms with Crippen LogP contribution in [0.5, 0.6) is 0 Å². The maximum atomic E-state index is 14.4. The Bertz CT molecular complexity index is 905. The molecule has 2 bridgehead atoms. The molecule has 3 heterocycles.